The monoisotopic (exact) mass is 1310 g/mol. The number of ether oxygens (including phenoxy) is 4. The molecule has 4 heterocycles. The first kappa shape index (κ1) is 64.7. The van der Waals surface area contributed by atoms with Crippen LogP contribution >= 0.6 is 34.0 Å². The maximum atomic E-state index is 10.8. The molecule has 13 rings (SSSR count). The minimum atomic E-state index is -1.000. The Kier molecular flexibility index (Phi) is 19.6. The van der Waals surface area contributed by atoms with Crippen LogP contribution in [0.25, 0.3) is 90.7 Å². The van der Waals surface area contributed by atoms with E-state index < -0.39 is 17.9 Å². The van der Waals surface area contributed by atoms with Gasteiger partial charge in [-0.25, -0.2) is 14.4 Å². The number of carboxylic acids is 3. The van der Waals surface area contributed by atoms with Gasteiger partial charge in [-0.15, -0.1) is 40.4 Å². The van der Waals surface area contributed by atoms with E-state index in [0.29, 0.717) is 23.0 Å². The number of aryl methyl sites for hydroxylation is 1. The molecule has 0 saturated heterocycles. The fourth-order valence-electron chi connectivity index (χ4n) is 10.5. The Bertz CT molecular complexity index is 5160. The van der Waals surface area contributed by atoms with E-state index in [-0.39, 0.29) is 23.2 Å². The van der Waals surface area contributed by atoms with E-state index in [4.69, 9.17) is 40.7 Å². The molecule has 9 aromatic carbocycles. The van der Waals surface area contributed by atoms with E-state index in [1.807, 2.05) is 122 Å². The van der Waals surface area contributed by atoms with Crippen molar-refractivity contribution in [2.75, 3.05) is 7.11 Å². The number of carbonyl (C=O) groups is 3. The summed E-state index contributed by atoms with van der Waals surface area (Å²) in [5.74, 6) is 5.40. The maximum Gasteiger partial charge on any atom is 0.328 e. The van der Waals surface area contributed by atoms with Crippen LogP contribution in [0.5, 0.6) is 57.5 Å². The van der Waals surface area contributed by atoms with Crippen molar-refractivity contribution in [3.63, 3.8) is 0 Å². The van der Waals surface area contributed by atoms with E-state index in [1.54, 1.807) is 90.4 Å². The third-order valence-electron chi connectivity index (χ3n) is 15.1. The molecule has 0 aliphatic heterocycles. The van der Waals surface area contributed by atoms with E-state index in [1.165, 1.54) is 29.6 Å². The van der Waals surface area contributed by atoms with Gasteiger partial charge in [-0.2, -0.15) is 0 Å². The number of phenolic OH excluding ortho intramolecular Hbond substituents is 3. The molecule has 0 fully saturated rings. The first-order valence-electron chi connectivity index (χ1n) is 29.5. The predicted octanol–water partition coefficient (Wildman–Crippen LogP) is 20.1. The van der Waals surface area contributed by atoms with Crippen LogP contribution in [0.2, 0.25) is 0 Å². The molecule has 0 saturated carbocycles. The smallest absolute Gasteiger partial charge is 0.328 e. The highest BCUT2D eigenvalue weighted by molar-refractivity contribution is 7.23. The number of methoxy groups -OCH3 is 1. The molecule has 95 heavy (non-hydrogen) atoms. The molecule has 0 spiro atoms. The van der Waals surface area contributed by atoms with Crippen molar-refractivity contribution in [2.24, 2.45) is 7.05 Å². The molecule has 0 aliphatic carbocycles. The standard InChI is InChI=1S/C27H24O5S.C26H19NO4S.C25H16O4S/c1-16(2)23-15-20(31-3)10-12-21(23)27-26(22-11-7-18(28)14-24(22)33-27)32-19-8-4-17(5-9-19)6-13-25(29)30;1-27-14-13-19-20(3-2-4-22(19)27)26-25(21-11-8-17(28)15-23(21)32-26)31-18-9-5-16(6-10-18)7-12-24(29)30;1-2-17-5-3-4-6-20(17)25-24(21-13-10-18(26)15-22(21)30-25)29-19-11-7-16(8-12-19)9-14-23(27)28/h4-16,28H,1-3H3,(H,29,30);2-15,28H,1H3,(H,29,30);1,3-15,26H,(H,27,28)/b13-6+;12-7+;14-9+. The molecule has 13 aromatic rings. The number of aliphatic carboxylic acids is 3. The largest absolute Gasteiger partial charge is 0.508 e. The average Bonchev–Trinajstić information content (AvgIpc) is 1.64. The Morgan fingerprint density at radius 3 is 1.27 bits per heavy atom. The Morgan fingerprint density at radius 1 is 0.463 bits per heavy atom. The summed E-state index contributed by atoms with van der Waals surface area (Å²) in [4.78, 5) is 35.0. The molecule has 0 bridgehead atoms. The number of phenols is 3. The fraction of sp³-hybridized carbons (Fsp3) is 0.0641. The normalized spacial score (nSPS) is 11.3. The molecule has 17 heteroatoms. The summed E-state index contributed by atoms with van der Waals surface area (Å²) in [6.07, 6.45) is 15.6. The van der Waals surface area contributed by atoms with E-state index in [9.17, 15) is 29.7 Å². The number of hydrogen-bond donors (Lipinski definition) is 6. The first-order valence-corrected chi connectivity index (χ1v) is 32.0. The van der Waals surface area contributed by atoms with Crippen molar-refractivity contribution < 1.29 is 64.0 Å². The van der Waals surface area contributed by atoms with Crippen molar-refractivity contribution in [1.29, 1.82) is 0 Å². The Labute approximate surface area is 557 Å². The number of thiophene rings is 3. The van der Waals surface area contributed by atoms with Gasteiger partial charge in [-0.3, -0.25) is 0 Å². The lowest BCUT2D eigenvalue weighted by Crippen LogP contribution is -1.95. The van der Waals surface area contributed by atoms with Gasteiger partial charge in [0.15, 0.2) is 17.2 Å². The van der Waals surface area contributed by atoms with Crippen LogP contribution in [0.15, 0.2) is 219 Å². The molecule has 14 nitrogen and oxygen atoms in total. The Balaban J connectivity index is 0.000000145. The van der Waals surface area contributed by atoms with Gasteiger partial charge in [0.1, 0.15) is 40.2 Å². The first-order chi connectivity index (χ1) is 45.9. The Hall–Kier alpha value is -11.8. The fourth-order valence-corrected chi connectivity index (χ4v) is 14.1. The maximum absolute atomic E-state index is 10.8. The SMILES string of the molecule is C#Cc1ccccc1-c1sc2cc(O)ccc2c1Oc1ccc(/C=C/C(=O)O)cc1.COc1ccc(-c2sc3cc(O)ccc3c2Oc2ccc(/C=C/C(=O)O)cc2)c(C(C)C)c1.Cn1ccc2c(-c3sc4cc(O)ccc4c3Oc3ccc(/C=C/C(=O)O)cc3)cccc21. The van der Waals surface area contributed by atoms with Crippen LogP contribution < -0.4 is 18.9 Å². The van der Waals surface area contributed by atoms with Crippen molar-refractivity contribution in [3.8, 4) is 101 Å². The van der Waals surface area contributed by atoms with Gasteiger partial charge in [0.2, 0.25) is 0 Å². The average molecular weight is 1310 g/mol. The second-order valence-electron chi connectivity index (χ2n) is 21.8. The van der Waals surface area contributed by atoms with Crippen molar-refractivity contribution in [3.05, 3.63) is 246 Å². The summed E-state index contributed by atoms with van der Waals surface area (Å²) in [6, 6.07) is 59.3. The topological polar surface area (TPSA) is 214 Å². The van der Waals surface area contributed by atoms with Crippen LogP contribution in [-0.4, -0.2) is 60.2 Å². The van der Waals surface area contributed by atoms with Gasteiger partial charge in [-0.05, 0) is 179 Å². The highest BCUT2D eigenvalue weighted by atomic mass is 32.1. The predicted molar refractivity (Wildman–Crippen MR) is 381 cm³/mol. The second-order valence-corrected chi connectivity index (χ2v) is 25.0. The van der Waals surface area contributed by atoms with Crippen molar-refractivity contribution in [1.82, 2.24) is 4.57 Å². The molecule has 0 aliphatic rings. The zero-order valence-corrected chi connectivity index (χ0v) is 53.8. The highest BCUT2D eigenvalue weighted by Crippen LogP contribution is 2.52. The van der Waals surface area contributed by atoms with Crippen LogP contribution in [-0.2, 0) is 21.4 Å². The number of terminal acetylenes is 1. The minimum Gasteiger partial charge on any atom is -0.508 e. The molecule has 0 radical (unpaired) electrons. The van der Waals surface area contributed by atoms with Crippen LogP contribution in [0.1, 0.15) is 47.6 Å². The molecule has 4 aromatic heterocycles. The third kappa shape index (κ3) is 15.1. The highest BCUT2D eigenvalue weighted by Gasteiger charge is 2.23. The van der Waals surface area contributed by atoms with Gasteiger partial charge in [0.05, 0.1) is 21.7 Å². The van der Waals surface area contributed by atoms with E-state index >= 15 is 0 Å². The molecular formula is C78H59NO13S3. The minimum absolute atomic E-state index is 0.182. The summed E-state index contributed by atoms with van der Waals surface area (Å²) in [5.41, 5.74) is 8.33. The van der Waals surface area contributed by atoms with Crippen molar-refractivity contribution in [2.45, 2.75) is 19.8 Å². The number of aromatic nitrogens is 1. The molecule has 472 valence electrons. The lowest BCUT2D eigenvalue weighted by molar-refractivity contribution is -0.132. The van der Waals surface area contributed by atoms with E-state index in [0.717, 1.165) is 136 Å². The van der Waals surface area contributed by atoms with E-state index in [2.05, 4.69) is 48.6 Å². The third-order valence-corrected chi connectivity index (χ3v) is 18.6. The summed E-state index contributed by atoms with van der Waals surface area (Å²) < 4.78 is 29.3. The number of aromatic hydroxyl groups is 3. The van der Waals surface area contributed by atoms with Gasteiger partial charge in [0, 0.05) is 89.3 Å². The zero-order valence-electron chi connectivity index (χ0n) is 51.4. The van der Waals surface area contributed by atoms with Gasteiger partial charge in [0.25, 0.3) is 0 Å². The van der Waals surface area contributed by atoms with Crippen molar-refractivity contribution >= 4 is 111 Å². The lowest BCUT2D eigenvalue weighted by Gasteiger charge is -2.15. The van der Waals surface area contributed by atoms with Crippen LogP contribution in [0.4, 0.5) is 0 Å². The molecular weight excluding hydrogens is 1260 g/mol. The summed E-state index contributed by atoms with van der Waals surface area (Å²) in [7, 11) is 3.68. The lowest BCUT2D eigenvalue weighted by atomic mass is 9.95. The number of rotatable bonds is 17. The van der Waals surface area contributed by atoms with Crippen LogP contribution in [0, 0.1) is 12.3 Å². The second kappa shape index (κ2) is 28.8. The summed E-state index contributed by atoms with van der Waals surface area (Å²) >= 11 is 4.64. The molecule has 0 atom stereocenters. The van der Waals surface area contributed by atoms with Crippen LogP contribution in [0.3, 0.4) is 0 Å². The quantitative estimate of drug-likeness (QED) is 0.0370. The van der Waals surface area contributed by atoms with Gasteiger partial charge in [-0.1, -0.05) is 86.5 Å². The number of nitrogens with zero attached hydrogens (tertiary/aromatic N) is 1. The van der Waals surface area contributed by atoms with Gasteiger partial charge >= 0.3 is 17.9 Å². The molecule has 0 amide bonds. The molecule has 6 N–H and O–H groups in total. The van der Waals surface area contributed by atoms with Gasteiger partial charge < -0.3 is 54.2 Å². The molecule has 0 unspecified atom stereocenters. The number of benzene rings is 9. The summed E-state index contributed by atoms with van der Waals surface area (Å²) in [5, 5.41) is 60.1. The number of carboxylic acid groups (broad SMARTS) is 3. The number of hydrogen-bond acceptors (Lipinski definition) is 13. The zero-order chi connectivity index (χ0) is 66.9. The Morgan fingerprint density at radius 2 is 0.863 bits per heavy atom. The summed E-state index contributed by atoms with van der Waals surface area (Å²) in [6.45, 7) is 4.28. The number of fused-ring (bicyclic) bond motifs is 4.